The van der Waals surface area contributed by atoms with Gasteiger partial charge in [0.15, 0.2) is 5.78 Å². The number of rotatable bonds is 28. The van der Waals surface area contributed by atoms with E-state index < -0.39 is 58.8 Å². The van der Waals surface area contributed by atoms with E-state index in [0.29, 0.717) is 63.6 Å². The third kappa shape index (κ3) is 21.2. The lowest BCUT2D eigenvalue weighted by Crippen LogP contribution is -2.48. The van der Waals surface area contributed by atoms with E-state index in [1.165, 1.54) is 16.7 Å². The molecule has 0 bridgehead atoms. The molecule has 2 fully saturated rings. The van der Waals surface area contributed by atoms with Gasteiger partial charge in [-0.15, -0.1) is 11.8 Å². The highest BCUT2D eigenvalue weighted by Crippen LogP contribution is 2.26. The summed E-state index contributed by atoms with van der Waals surface area (Å²) >= 11 is 1.40. The Morgan fingerprint density at radius 2 is 1.24 bits per heavy atom. The van der Waals surface area contributed by atoms with Crippen LogP contribution in [0.1, 0.15) is 72.9 Å². The van der Waals surface area contributed by atoms with Crippen LogP contribution in [0.4, 0.5) is 0 Å². The highest BCUT2D eigenvalue weighted by atomic mass is 32.2. The number of amidine groups is 1. The fourth-order valence-corrected chi connectivity index (χ4v) is 9.43. The largest absolute Gasteiger partial charge is 0.480 e. The van der Waals surface area contributed by atoms with Crippen molar-refractivity contribution in [3.8, 4) is 0 Å². The summed E-state index contributed by atoms with van der Waals surface area (Å²) in [6, 6.07) is 13.4. The summed E-state index contributed by atoms with van der Waals surface area (Å²) in [7, 11) is 1.61. The number of hydrogen-bond donors (Lipinski definition) is 7. The molecule has 2 aliphatic rings. The number of likely N-dealkylation sites (tertiary alicyclic amines) is 1. The van der Waals surface area contributed by atoms with E-state index in [1.807, 2.05) is 6.07 Å². The van der Waals surface area contributed by atoms with Crippen molar-refractivity contribution in [1.82, 2.24) is 35.1 Å². The Morgan fingerprint density at radius 3 is 1.76 bits per heavy atom. The number of carboxylic acids is 4. The van der Waals surface area contributed by atoms with Gasteiger partial charge in [-0.3, -0.25) is 67.8 Å². The van der Waals surface area contributed by atoms with Crippen molar-refractivity contribution in [3.63, 3.8) is 0 Å². The molecule has 72 heavy (non-hydrogen) atoms. The Bertz CT molecular complexity index is 2170. The zero-order chi connectivity index (χ0) is 52.6. The zero-order valence-electron chi connectivity index (χ0n) is 40.8. The van der Waals surface area contributed by atoms with Crippen LogP contribution in [-0.2, 0) is 51.3 Å². The predicted molar refractivity (Wildman–Crippen MR) is 267 cm³/mol. The average molecular weight is 1020 g/mol. The summed E-state index contributed by atoms with van der Waals surface area (Å²) in [5, 5.41) is 43.3. The van der Waals surface area contributed by atoms with Crippen molar-refractivity contribution >= 4 is 70.9 Å². The summed E-state index contributed by atoms with van der Waals surface area (Å²) in [6.45, 7) is 2.36. The van der Waals surface area contributed by atoms with Crippen molar-refractivity contribution in [1.29, 1.82) is 0 Å². The third-order valence-corrected chi connectivity index (χ3v) is 13.6. The van der Waals surface area contributed by atoms with Crippen molar-refractivity contribution < 1.29 is 63.6 Å². The average Bonchev–Trinajstić information content (AvgIpc) is 3.60. The van der Waals surface area contributed by atoms with Gasteiger partial charge in [0.05, 0.1) is 36.8 Å². The van der Waals surface area contributed by atoms with E-state index in [1.54, 1.807) is 70.3 Å². The molecule has 4 amide bonds. The molecule has 0 aromatic heterocycles. The number of nitrogens with two attached hydrogens (primary N) is 1. The van der Waals surface area contributed by atoms with Crippen molar-refractivity contribution in [3.05, 3.63) is 71.3 Å². The summed E-state index contributed by atoms with van der Waals surface area (Å²) in [6.07, 6.45) is 1.56. The number of nitrogens with zero attached hydrogens (tertiary/aromatic N) is 6. The van der Waals surface area contributed by atoms with Crippen LogP contribution in [0.2, 0.25) is 0 Å². The number of carboxylic acid groups (broad SMARTS) is 4. The number of amides is 4. The van der Waals surface area contributed by atoms with Crippen molar-refractivity contribution in [2.75, 3.05) is 91.3 Å². The number of ketones is 1. The van der Waals surface area contributed by atoms with Gasteiger partial charge in [-0.25, -0.2) is 4.79 Å². The summed E-state index contributed by atoms with van der Waals surface area (Å²) < 4.78 is 0. The van der Waals surface area contributed by atoms with Gasteiger partial charge in [0.2, 0.25) is 17.7 Å². The first-order valence-corrected chi connectivity index (χ1v) is 25.2. The summed E-state index contributed by atoms with van der Waals surface area (Å²) in [5.74, 6) is -5.42. The number of carbonyl (C=O) groups excluding carboxylic acids is 5. The molecule has 394 valence electrons. The molecule has 23 heteroatoms. The fourth-order valence-electron chi connectivity index (χ4n) is 8.30. The Balaban J connectivity index is 1.32. The van der Waals surface area contributed by atoms with E-state index in [0.717, 1.165) is 17.5 Å². The maximum atomic E-state index is 13.7. The van der Waals surface area contributed by atoms with Gasteiger partial charge in [0.25, 0.3) is 5.91 Å². The topological polar surface area (TPSA) is 313 Å². The SMILES string of the molecule is CN=C(N)CCCSC1CC(=O)N(CCCCC(NC(=O)CCC(=O)C(Cc2ccccc2)NC(=O)c2ccc(CN3CCN(CC(=O)O)CCN(CC(=O)O)CCN(CC(=O)O)CC3)cc2)C(=O)O)C1=O. The van der Waals surface area contributed by atoms with Crippen LogP contribution >= 0.6 is 11.8 Å². The molecule has 2 aromatic carbocycles. The quantitative estimate of drug-likeness (QED) is 0.0267. The van der Waals surface area contributed by atoms with Crippen LogP contribution < -0.4 is 16.4 Å². The Hall–Kier alpha value is -6.27. The lowest BCUT2D eigenvalue weighted by Gasteiger charge is -2.33. The maximum absolute atomic E-state index is 13.7. The van der Waals surface area contributed by atoms with Crippen molar-refractivity contribution in [2.24, 2.45) is 10.7 Å². The normalized spacial score (nSPS) is 17.9. The number of nitrogens with one attached hydrogen (secondary N) is 2. The first-order chi connectivity index (χ1) is 34.4. The molecular formula is C49H69N9O13S. The lowest BCUT2D eigenvalue weighted by molar-refractivity contribution is -0.142. The molecule has 2 saturated heterocycles. The second-order valence-corrected chi connectivity index (χ2v) is 19.2. The molecule has 3 unspecified atom stereocenters. The van der Waals surface area contributed by atoms with Crippen LogP contribution in [0.3, 0.4) is 0 Å². The molecular weight excluding hydrogens is 955 g/mol. The number of aliphatic imine (C=N–C) groups is 1. The molecule has 0 spiro atoms. The molecule has 2 aliphatic heterocycles. The van der Waals surface area contributed by atoms with Crippen LogP contribution in [0, 0.1) is 0 Å². The standard InChI is InChI=1S/C49H69N9O13S/c1-51-41(50)11-7-27-72-40-29-43(61)58(48(40)69)18-6-5-10-37(49(70)71)52-42(60)17-16-39(59)38(28-34-8-3-2-4-9-34)53-47(68)36-14-12-35(13-15-36)30-54-19-21-55(31-44(62)63)23-25-57(33-46(66)67)26-24-56(22-20-54)32-45(64)65/h2-4,8-9,12-15,37-38,40H,5-7,10-11,16-33H2,1H3,(H2,50,51)(H,52,60)(H,53,68)(H,62,63)(H,64,65)(H,66,67)(H,70,71). The fraction of sp³-hybridized carbons (Fsp3) is 0.551. The minimum atomic E-state index is -1.27. The number of imide groups is 1. The minimum absolute atomic E-state index is 0.0284. The highest BCUT2D eigenvalue weighted by Gasteiger charge is 2.38. The first-order valence-electron chi connectivity index (χ1n) is 24.1. The van der Waals surface area contributed by atoms with Crippen LogP contribution in [-0.4, -0.2) is 213 Å². The second kappa shape index (κ2) is 30.6. The Kier molecular flexibility index (Phi) is 24.8. The number of thioether (sulfide) groups is 1. The van der Waals surface area contributed by atoms with Gasteiger partial charge in [-0.2, -0.15) is 0 Å². The molecule has 0 saturated carbocycles. The van der Waals surface area contributed by atoms with Gasteiger partial charge in [-0.1, -0.05) is 42.5 Å². The van der Waals surface area contributed by atoms with Crippen LogP contribution in [0.5, 0.6) is 0 Å². The van der Waals surface area contributed by atoms with E-state index in [-0.39, 0.29) is 102 Å². The van der Waals surface area contributed by atoms with E-state index in [4.69, 9.17) is 5.73 Å². The molecule has 2 heterocycles. The molecule has 4 rings (SSSR count). The predicted octanol–water partition coefficient (Wildman–Crippen LogP) is 0.720. The van der Waals surface area contributed by atoms with Crippen LogP contribution in [0.25, 0.3) is 0 Å². The minimum Gasteiger partial charge on any atom is -0.480 e. The smallest absolute Gasteiger partial charge is 0.326 e. The Morgan fingerprint density at radius 1 is 0.681 bits per heavy atom. The third-order valence-electron chi connectivity index (χ3n) is 12.3. The van der Waals surface area contributed by atoms with Crippen LogP contribution in [0.15, 0.2) is 59.6 Å². The monoisotopic (exact) mass is 1020 g/mol. The van der Waals surface area contributed by atoms with Gasteiger partial charge in [0, 0.05) is 104 Å². The Labute approximate surface area is 423 Å². The molecule has 0 aliphatic carbocycles. The van der Waals surface area contributed by atoms with E-state index >= 15 is 0 Å². The van der Waals surface area contributed by atoms with E-state index in [2.05, 4.69) is 20.5 Å². The molecule has 22 nitrogen and oxygen atoms in total. The first kappa shape index (κ1) is 58.3. The number of unbranched alkanes of at least 4 members (excludes halogenated alkanes) is 1. The molecule has 0 radical (unpaired) electrons. The van der Waals surface area contributed by atoms with Gasteiger partial charge < -0.3 is 36.8 Å². The summed E-state index contributed by atoms with van der Waals surface area (Å²) in [5.41, 5.74) is 7.54. The summed E-state index contributed by atoms with van der Waals surface area (Å²) in [4.78, 5) is 125. The second-order valence-electron chi connectivity index (χ2n) is 17.9. The number of carbonyl (C=O) groups is 9. The number of aliphatic carboxylic acids is 4. The molecule has 2 aromatic rings. The van der Waals surface area contributed by atoms with Gasteiger partial charge >= 0.3 is 23.9 Å². The number of Topliss-reactive ketones (excluding diaryl/α,β-unsaturated/α-hetero) is 1. The van der Waals surface area contributed by atoms with Gasteiger partial charge in [0.1, 0.15) is 6.04 Å². The molecule has 3 atom stereocenters. The number of hydrogen-bond acceptors (Lipinski definition) is 15. The highest BCUT2D eigenvalue weighted by molar-refractivity contribution is 8.00. The maximum Gasteiger partial charge on any atom is 0.326 e. The zero-order valence-corrected chi connectivity index (χ0v) is 41.6. The van der Waals surface area contributed by atoms with Gasteiger partial charge in [-0.05, 0) is 61.1 Å². The number of benzene rings is 2. The van der Waals surface area contributed by atoms with Crippen molar-refractivity contribution in [2.45, 2.75) is 81.7 Å². The lowest BCUT2D eigenvalue weighted by atomic mass is 9.98. The van der Waals surface area contributed by atoms with E-state index in [9.17, 15) is 63.6 Å². The molecule has 8 N–H and O–H groups in total.